The minimum absolute atomic E-state index is 0.560. The first-order valence-corrected chi connectivity index (χ1v) is 4.62. The van der Waals surface area contributed by atoms with Crippen LogP contribution in [0.25, 0.3) is 23.0 Å². The van der Waals surface area contributed by atoms with Crippen LogP contribution < -0.4 is 0 Å². The third-order valence-electron chi connectivity index (χ3n) is 2.06. The minimum atomic E-state index is 0.560. The number of pyridine rings is 1. The fourth-order valence-corrected chi connectivity index (χ4v) is 1.32. The van der Waals surface area contributed by atoms with Gasteiger partial charge in [-0.25, -0.2) is 9.97 Å². The summed E-state index contributed by atoms with van der Waals surface area (Å²) in [5, 5.41) is 13.3. The fraction of sp³-hybridized carbons (Fsp3) is 0. The van der Waals surface area contributed by atoms with Crippen LogP contribution in [0.3, 0.4) is 0 Å². The van der Waals surface area contributed by atoms with E-state index in [1.165, 1.54) is 6.33 Å². The van der Waals surface area contributed by atoms with Gasteiger partial charge in [-0.2, -0.15) is 10.2 Å². The summed E-state index contributed by atoms with van der Waals surface area (Å²) in [6.45, 7) is 0. The molecule has 3 rings (SSSR count). The van der Waals surface area contributed by atoms with Crippen LogP contribution in [0.1, 0.15) is 0 Å². The number of rotatable bonds is 2. The van der Waals surface area contributed by atoms with Crippen molar-refractivity contribution in [1.29, 1.82) is 0 Å². The summed E-state index contributed by atoms with van der Waals surface area (Å²) in [6.07, 6.45) is 4.81. The van der Waals surface area contributed by atoms with Crippen molar-refractivity contribution in [2.45, 2.75) is 0 Å². The molecule has 0 fully saturated rings. The fourth-order valence-electron chi connectivity index (χ4n) is 1.32. The van der Waals surface area contributed by atoms with Gasteiger partial charge in [-0.15, -0.1) is 0 Å². The number of hydrogen-bond acceptors (Lipinski definition) is 5. The van der Waals surface area contributed by atoms with Crippen LogP contribution in [0.4, 0.5) is 0 Å². The van der Waals surface area contributed by atoms with E-state index >= 15 is 0 Å². The van der Waals surface area contributed by atoms with Crippen LogP contribution in [0.5, 0.6) is 0 Å². The molecule has 0 atom stereocenters. The molecule has 3 aromatic heterocycles. The molecule has 0 aliphatic heterocycles. The molecule has 7 heteroatoms. The first-order chi connectivity index (χ1) is 7.93. The average Bonchev–Trinajstić information content (AvgIpc) is 3.01. The van der Waals surface area contributed by atoms with Gasteiger partial charge in [-0.1, -0.05) is 0 Å². The van der Waals surface area contributed by atoms with E-state index in [-0.39, 0.29) is 0 Å². The second-order valence-corrected chi connectivity index (χ2v) is 3.08. The molecule has 0 aliphatic rings. The second kappa shape index (κ2) is 3.54. The van der Waals surface area contributed by atoms with E-state index in [1.807, 2.05) is 12.1 Å². The lowest BCUT2D eigenvalue weighted by Crippen LogP contribution is -1.83. The molecule has 0 amide bonds. The maximum absolute atomic E-state index is 4.29. The molecule has 7 nitrogen and oxygen atoms in total. The number of aromatic amines is 2. The number of nitrogens with zero attached hydrogens (tertiary/aromatic N) is 5. The lowest BCUT2D eigenvalue weighted by atomic mass is 10.2. The zero-order chi connectivity index (χ0) is 10.8. The van der Waals surface area contributed by atoms with Gasteiger partial charge in [-0.3, -0.25) is 15.2 Å². The number of hydrogen-bond donors (Lipinski definition) is 2. The SMILES string of the molecule is c1cc(-c2n[nH]c(-c3ncn[nH]3)n2)ccn1. The maximum Gasteiger partial charge on any atom is 0.193 e. The molecule has 3 aromatic rings. The Labute approximate surface area is 90.0 Å². The van der Waals surface area contributed by atoms with Crippen molar-refractivity contribution in [3.8, 4) is 23.0 Å². The number of nitrogens with one attached hydrogen (secondary N) is 2. The van der Waals surface area contributed by atoms with E-state index < -0.39 is 0 Å². The largest absolute Gasteiger partial charge is 0.265 e. The molecule has 0 aromatic carbocycles. The van der Waals surface area contributed by atoms with E-state index in [0.29, 0.717) is 17.5 Å². The number of aromatic nitrogens is 7. The summed E-state index contributed by atoms with van der Waals surface area (Å²) in [7, 11) is 0. The summed E-state index contributed by atoms with van der Waals surface area (Å²) >= 11 is 0. The van der Waals surface area contributed by atoms with Crippen molar-refractivity contribution >= 4 is 0 Å². The molecule has 0 spiro atoms. The molecule has 0 bridgehead atoms. The van der Waals surface area contributed by atoms with Crippen molar-refractivity contribution in [2.75, 3.05) is 0 Å². The lowest BCUT2D eigenvalue weighted by Gasteiger charge is -1.90. The van der Waals surface area contributed by atoms with Gasteiger partial charge in [-0.05, 0) is 12.1 Å². The van der Waals surface area contributed by atoms with Crippen molar-refractivity contribution in [3.05, 3.63) is 30.9 Å². The normalized spacial score (nSPS) is 10.5. The monoisotopic (exact) mass is 213 g/mol. The molecule has 78 valence electrons. The zero-order valence-electron chi connectivity index (χ0n) is 8.12. The Morgan fingerprint density at radius 2 is 1.88 bits per heavy atom. The molecule has 3 heterocycles. The summed E-state index contributed by atoms with van der Waals surface area (Å²) < 4.78 is 0. The van der Waals surface area contributed by atoms with Gasteiger partial charge in [0.25, 0.3) is 0 Å². The Morgan fingerprint density at radius 1 is 1.00 bits per heavy atom. The van der Waals surface area contributed by atoms with Crippen LogP contribution in [-0.2, 0) is 0 Å². The molecule has 0 aliphatic carbocycles. The van der Waals surface area contributed by atoms with E-state index in [4.69, 9.17) is 0 Å². The standard InChI is InChI=1S/C9H7N7/c1-3-10-4-2-6(1)7-13-9(16-15-7)8-11-5-12-14-8/h1-5H,(H,11,12,14)(H,13,15,16). The number of H-pyrrole nitrogens is 2. The van der Waals surface area contributed by atoms with Gasteiger partial charge in [0.15, 0.2) is 17.5 Å². The maximum atomic E-state index is 4.29. The predicted octanol–water partition coefficient (Wildman–Crippen LogP) is 0.652. The Kier molecular flexibility index (Phi) is 1.93. The molecular weight excluding hydrogens is 206 g/mol. The summed E-state index contributed by atoms with van der Waals surface area (Å²) in [5.74, 6) is 1.73. The first-order valence-electron chi connectivity index (χ1n) is 4.62. The van der Waals surface area contributed by atoms with Crippen molar-refractivity contribution < 1.29 is 0 Å². The first kappa shape index (κ1) is 8.72. The highest BCUT2D eigenvalue weighted by Crippen LogP contribution is 2.15. The Hall–Kier alpha value is -2.57. The topological polar surface area (TPSA) is 96.0 Å². The summed E-state index contributed by atoms with van der Waals surface area (Å²) in [4.78, 5) is 12.2. The molecular formula is C9H7N7. The van der Waals surface area contributed by atoms with E-state index in [9.17, 15) is 0 Å². The highest BCUT2D eigenvalue weighted by molar-refractivity contribution is 5.56. The lowest BCUT2D eigenvalue weighted by molar-refractivity contribution is 1.05. The second-order valence-electron chi connectivity index (χ2n) is 3.08. The zero-order valence-corrected chi connectivity index (χ0v) is 8.12. The molecule has 16 heavy (non-hydrogen) atoms. The van der Waals surface area contributed by atoms with Gasteiger partial charge < -0.3 is 0 Å². The van der Waals surface area contributed by atoms with Crippen LogP contribution >= 0.6 is 0 Å². The van der Waals surface area contributed by atoms with E-state index in [2.05, 4.69) is 35.3 Å². The van der Waals surface area contributed by atoms with Crippen LogP contribution in [0, 0.1) is 0 Å². The van der Waals surface area contributed by atoms with Gasteiger partial charge >= 0.3 is 0 Å². The van der Waals surface area contributed by atoms with Gasteiger partial charge in [0.05, 0.1) is 0 Å². The minimum Gasteiger partial charge on any atom is -0.265 e. The highest BCUT2D eigenvalue weighted by atomic mass is 15.3. The Morgan fingerprint density at radius 3 is 2.62 bits per heavy atom. The van der Waals surface area contributed by atoms with Crippen LogP contribution in [0.15, 0.2) is 30.9 Å². The van der Waals surface area contributed by atoms with Gasteiger partial charge in [0.1, 0.15) is 6.33 Å². The third kappa shape index (κ3) is 1.44. The summed E-state index contributed by atoms with van der Waals surface area (Å²) in [6, 6.07) is 3.68. The molecule has 2 N–H and O–H groups in total. The molecule has 0 unspecified atom stereocenters. The Bertz CT molecular complexity index is 569. The quantitative estimate of drug-likeness (QED) is 0.651. The van der Waals surface area contributed by atoms with Crippen LogP contribution in [0.2, 0.25) is 0 Å². The molecule has 0 saturated heterocycles. The predicted molar refractivity (Wildman–Crippen MR) is 55.0 cm³/mol. The van der Waals surface area contributed by atoms with Crippen molar-refractivity contribution in [3.63, 3.8) is 0 Å². The van der Waals surface area contributed by atoms with E-state index in [1.54, 1.807) is 12.4 Å². The third-order valence-corrected chi connectivity index (χ3v) is 2.06. The van der Waals surface area contributed by atoms with Crippen molar-refractivity contribution in [2.24, 2.45) is 0 Å². The Balaban J connectivity index is 2.00. The van der Waals surface area contributed by atoms with E-state index in [0.717, 1.165) is 5.56 Å². The average molecular weight is 213 g/mol. The molecule has 0 radical (unpaired) electrons. The van der Waals surface area contributed by atoms with Crippen LogP contribution in [-0.4, -0.2) is 35.3 Å². The van der Waals surface area contributed by atoms with Crippen molar-refractivity contribution in [1.82, 2.24) is 35.3 Å². The highest BCUT2D eigenvalue weighted by Gasteiger charge is 2.08. The van der Waals surface area contributed by atoms with Gasteiger partial charge in [0, 0.05) is 18.0 Å². The van der Waals surface area contributed by atoms with Gasteiger partial charge in [0.2, 0.25) is 0 Å². The smallest absolute Gasteiger partial charge is 0.193 e. The summed E-state index contributed by atoms with van der Waals surface area (Å²) in [5.41, 5.74) is 0.900. The molecule has 0 saturated carbocycles.